The number of hydrogen-bond donors (Lipinski definition) is 1. The van der Waals surface area contributed by atoms with Gasteiger partial charge in [0.2, 0.25) is 4.96 Å². The maximum absolute atomic E-state index is 12.7. The summed E-state index contributed by atoms with van der Waals surface area (Å²) in [4.78, 5) is 0.0210. The van der Waals surface area contributed by atoms with E-state index < -0.39 is 12.0 Å². The lowest BCUT2D eigenvalue weighted by atomic mass is 10.2. The summed E-state index contributed by atoms with van der Waals surface area (Å²) < 4.78 is 43.7. The molecule has 0 unspecified atom stereocenters. The Morgan fingerprint density at radius 2 is 2.05 bits per heavy atom. The smallest absolute Gasteiger partial charge is 0.453 e. The monoisotopic (exact) mass is 316 g/mol. The lowest BCUT2D eigenvalue weighted by Gasteiger charge is -2.04. The van der Waals surface area contributed by atoms with Gasteiger partial charge in [0, 0.05) is 5.56 Å². The number of hydrogen-bond acceptors (Lipinski definition) is 6. The summed E-state index contributed by atoms with van der Waals surface area (Å²) in [5, 5.41) is 20.3. The normalized spacial score (nSPS) is 12.0. The van der Waals surface area contributed by atoms with Crippen LogP contribution in [0.4, 0.5) is 13.2 Å². The molecule has 0 saturated carbocycles. The molecule has 0 spiro atoms. The van der Waals surface area contributed by atoms with Crippen molar-refractivity contribution in [3.8, 4) is 22.1 Å². The Balaban J connectivity index is 2.09. The second-order valence-corrected chi connectivity index (χ2v) is 4.97. The van der Waals surface area contributed by atoms with Gasteiger partial charge >= 0.3 is 6.18 Å². The van der Waals surface area contributed by atoms with E-state index in [1.54, 1.807) is 6.07 Å². The molecule has 6 nitrogen and oxygen atoms in total. The average molecular weight is 316 g/mol. The lowest BCUT2D eigenvalue weighted by molar-refractivity contribution is -0.146. The minimum absolute atomic E-state index is 0.0210. The van der Waals surface area contributed by atoms with Gasteiger partial charge in [0.05, 0.1) is 7.11 Å². The first-order chi connectivity index (χ1) is 9.90. The molecule has 3 rings (SSSR count). The van der Waals surface area contributed by atoms with Crippen molar-refractivity contribution < 1.29 is 23.0 Å². The zero-order chi connectivity index (χ0) is 15.2. The third-order valence-corrected chi connectivity index (χ3v) is 3.62. The third-order valence-electron chi connectivity index (χ3n) is 2.67. The largest absolute Gasteiger partial charge is 0.504 e. The van der Waals surface area contributed by atoms with Crippen molar-refractivity contribution in [2.75, 3.05) is 7.11 Å². The van der Waals surface area contributed by atoms with Crippen LogP contribution in [0.3, 0.4) is 0 Å². The van der Waals surface area contributed by atoms with E-state index in [1.807, 2.05) is 0 Å². The van der Waals surface area contributed by atoms with Crippen LogP contribution in [0.1, 0.15) is 5.82 Å². The quantitative estimate of drug-likeness (QED) is 0.787. The van der Waals surface area contributed by atoms with Crippen LogP contribution in [0.15, 0.2) is 18.2 Å². The van der Waals surface area contributed by atoms with Crippen molar-refractivity contribution in [2.24, 2.45) is 0 Å². The SMILES string of the molecule is COc1ccc(-c2nn3c(C(F)(F)F)nnc3s2)cc1O. The highest BCUT2D eigenvalue weighted by Gasteiger charge is 2.38. The topological polar surface area (TPSA) is 72.5 Å². The van der Waals surface area contributed by atoms with Crippen LogP contribution in [-0.4, -0.2) is 32.0 Å². The van der Waals surface area contributed by atoms with Crippen LogP contribution in [0, 0.1) is 0 Å². The molecule has 1 N–H and O–H groups in total. The minimum Gasteiger partial charge on any atom is -0.504 e. The molecular weight excluding hydrogens is 309 g/mol. The molecule has 0 radical (unpaired) electrons. The first-order valence-electron chi connectivity index (χ1n) is 5.57. The van der Waals surface area contributed by atoms with Crippen molar-refractivity contribution in [1.29, 1.82) is 0 Å². The fourth-order valence-electron chi connectivity index (χ4n) is 1.73. The molecular formula is C11H7F3N4O2S. The zero-order valence-corrected chi connectivity index (χ0v) is 11.2. The number of rotatable bonds is 2. The van der Waals surface area contributed by atoms with E-state index in [1.165, 1.54) is 19.2 Å². The number of aromatic nitrogens is 4. The number of alkyl halides is 3. The Labute approximate surface area is 119 Å². The maximum atomic E-state index is 12.7. The van der Waals surface area contributed by atoms with E-state index in [9.17, 15) is 18.3 Å². The highest BCUT2D eigenvalue weighted by molar-refractivity contribution is 7.19. The van der Waals surface area contributed by atoms with E-state index in [0.29, 0.717) is 10.1 Å². The first-order valence-corrected chi connectivity index (χ1v) is 6.38. The van der Waals surface area contributed by atoms with E-state index >= 15 is 0 Å². The van der Waals surface area contributed by atoms with Crippen LogP contribution in [0.2, 0.25) is 0 Å². The van der Waals surface area contributed by atoms with E-state index in [2.05, 4.69) is 15.3 Å². The molecule has 10 heteroatoms. The molecule has 21 heavy (non-hydrogen) atoms. The summed E-state index contributed by atoms with van der Waals surface area (Å²) in [7, 11) is 1.40. The molecule has 2 heterocycles. The molecule has 0 saturated heterocycles. The maximum Gasteiger partial charge on any atom is 0.453 e. The summed E-state index contributed by atoms with van der Waals surface area (Å²) in [5.41, 5.74) is 0.455. The number of aromatic hydroxyl groups is 1. The summed E-state index contributed by atoms with van der Waals surface area (Å²) in [5.74, 6) is -1.05. The van der Waals surface area contributed by atoms with Crippen LogP contribution in [0.25, 0.3) is 15.5 Å². The van der Waals surface area contributed by atoms with E-state index in [0.717, 1.165) is 11.3 Å². The number of phenolic OH excluding ortho intramolecular Hbond substituents is 1. The van der Waals surface area contributed by atoms with Crippen molar-refractivity contribution >= 4 is 16.3 Å². The van der Waals surface area contributed by atoms with Gasteiger partial charge in [0.25, 0.3) is 5.82 Å². The fraction of sp³-hybridized carbons (Fsp3) is 0.182. The van der Waals surface area contributed by atoms with Crippen molar-refractivity contribution in [1.82, 2.24) is 19.8 Å². The number of benzene rings is 1. The average Bonchev–Trinajstić information content (AvgIpc) is 2.96. The van der Waals surface area contributed by atoms with Gasteiger partial charge in [-0.05, 0) is 18.2 Å². The molecule has 0 fully saturated rings. The third kappa shape index (κ3) is 2.27. The molecule has 0 bridgehead atoms. The van der Waals surface area contributed by atoms with Gasteiger partial charge in [0.15, 0.2) is 11.5 Å². The molecule has 0 atom stereocenters. The molecule has 3 aromatic rings. The number of ether oxygens (including phenoxy) is 1. The fourth-order valence-corrected chi connectivity index (χ4v) is 2.57. The Morgan fingerprint density at radius 1 is 1.29 bits per heavy atom. The summed E-state index contributed by atoms with van der Waals surface area (Å²) in [6.45, 7) is 0. The second-order valence-electron chi connectivity index (χ2n) is 4.01. The van der Waals surface area contributed by atoms with Crippen LogP contribution in [0.5, 0.6) is 11.5 Å². The molecule has 0 aliphatic carbocycles. The zero-order valence-electron chi connectivity index (χ0n) is 10.4. The number of fused-ring (bicyclic) bond motifs is 1. The Morgan fingerprint density at radius 3 is 2.67 bits per heavy atom. The molecule has 2 aromatic heterocycles. The van der Waals surface area contributed by atoms with E-state index in [-0.39, 0.29) is 21.5 Å². The first kappa shape index (κ1) is 13.6. The van der Waals surface area contributed by atoms with Gasteiger partial charge in [-0.2, -0.15) is 22.8 Å². The number of nitrogens with zero attached hydrogens (tertiary/aromatic N) is 4. The lowest BCUT2D eigenvalue weighted by Crippen LogP contribution is -2.11. The van der Waals surface area contributed by atoms with Gasteiger partial charge in [-0.3, -0.25) is 0 Å². The van der Waals surface area contributed by atoms with Gasteiger partial charge < -0.3 is 9.84 Å². The number of methoxy groups -OCH3 is 1. The van der Waals surface area contributed by atoms with Crippen LogP contribution < -0.4 is 4.74 Å². The Hall–Kier alpha value is -2.36. The van der Waals surface area contributed by atoms with Crippen LogP contribution in [-0.2, 0) is 6.18 Å². The molecule has 1 aromatic carbocycles. The molecule has 0 aliphatic rings. The summed E-state index contributed by atoms with van der Waals surface area (Å²) in [6, 6.07) is 4.44. The van der Waals surface area contributed by atoms with E-state index in [4.69, 9.17) is 4.74 Å². The Kier molecular flexibility index (Phi) is 2.97. The Bertz CT molecular complexity index is 812. The minimum atomic E-state index is -4.63. The molecule has 0 aliphatic heterocycles. The van der Waals surface area contributed by atoms with Crippen LogP contribution >= 0.6 is 11.3 Å². The van der Waals surface area contributed by atoms with Gasteiger partial charge in [-0.15, -0.1) is 10.2 Å². The van der Waals surface area contributed by atoms with Gasteiger partial charge in [-0.1, -0.05) is 11.3 Å². The van der Waals surface area contributed by atoms with Gasteiger partial charge in [0.1, 0.15) is 5.01 Å². The van der Waals surface area contributed by atoms with Crippen molar-refractivity contribution in [3.05, 3.63) is 24.0 Å². The van der Waals surface area contributed by atoms with Gasteiger partial charge in [-0.25, -0.2) is 0 Å². The second kappa shape index (κ2) is 4.58. The highest BCUT2D eigenvalue weighted by atomic mass is 32.1. The summed E-state index contributed by atoms with van der Waals surface area (Å²) >= 11 is 0.936. The predicted octanol–water partition coefficient (Wildman–Crippen LogP) is 2.59. The summed E-state index contributed by atoms with van der Waals surface area (Å²) in [6.07, 6.45) is -4.63. The molecule has 110 valence electrons. The standard InChI is InChI=1S/C11H7F3N4O2S/c1-20-7-3-2-5(4-6(7)19)8-17-18-9(11(12,13)14)15-16-10(18)21-8/h2-4,19H,1H3. The number of halogens is 3. The van der Waals surface area contributed by atoms with Crippen molar-refractivity contribution in [2.45, 2.75) is 6.18 Å². The van der Waals surface area contributed by atoms with Crippen molar-refractivity contribution in [3.63, 3.8) is 0 Å². The highest BCUT2D eigenvalue weighted by Crippen LogP contribution is 2.35. The molecule has 0 amide bonds. The predicted molar refractivity (Wildman–Crippen MR) is 67.3 cm³/mol. The number of phenols is 1.